The first-order chi connectivity index (χ1) is 13.9. The van der Waals surface area contributed by atoms with E-state index in [0.29, 0.717) is 17.1 Å². The number of carbonyl (C=O) groups excluding carboxylic acids is 1. The molecule has 0 aromatic heterocycles. The molecule has 2 aromatic carbocycles. The Morgan fingerprint density at radius 3 is 2.48 bits per heavy atom. The van der Waals surface area contributed by atoms with Crippen molar-refractivity contribution in [2.24, 2.45) is 0 Å². The first-order valence-electron chi connectivity index (χ1n) is 9.71. The molecule has 0 bridgehead atoms. The summed E-state index contributed by atoms with van der Waals surface area (Å²) < 4.78 is 37.3. The van der Waals surface area contributed by atoms with Gasteiger partial charge in [-0.1, -0.05) is 12.1 Å². The summed E-state index contributed by atoms with van der Waals surface area (Å²) in [5.74, 6) is 0.739. The molecule has 4 rings (SSSR count). The summed E-state index contributed by atoms with van der Waals surface area (Å²) in [6.45, 7) is -0.0788. The maximum Gasteiger partial charge on any atom is 0.267 e. The third kappa shape index (κ3) is 4.48. The Balaban J connectivity index is 1.44. The summed E-state index contributed by atoms with van der Waals surface area (Å²) in [7, 11) is -3.54. The average Bonchev–Trinajstić information content (AvgIpc) is 3.21. The van der Waals surface area contributed by atoms with Crippen LogP contribution in [0.3, 0.4) is 0 Å². The lowest BCUT2D eigenvalue weighted by Gasteiger charge is -2.33. The Bertz CT molecular complexity index is 984. The van der Waals surface area contributed by atoms with E-state index in [1.807, 2.05) is 12.1 Å². The van der Waals surface area contributed by atoms with Crippen LogP contribution in [-0.4, -0.2) is 39.3 Å². The van der Waals surface area contributed by atoms with Crippen molar-refractivity contribution in [3.63, 3.8) is 0 Å². The molecule has 0 unspecified atom stereocenters. The SMILES string of the molecule is CS(=O)(=O)N1C[C@H](C(=O)Nc2ccc(OC3CCCC3)cc2)Oc2ccccc21. The molecule has 7 nitrogen and oxygen atoms in total. The largest absolute Gasteiger partial charge is 0.490 e. The number of nitrogens with zero attached hydrogens (tertiary/aromatic N) is 1. The summed E-state index contributed by atoms with van der Waals surface area (Å²) in [6.07, 6.45) is 5.00. The Labute approximate surface area is 170 Å². The summed E-state index contributed by atoms with van der Waals surface area (Å²) in [4.78, 5) is 12.7. The molecule has 29 heavy (non-hydrogen) atoms. The zero-order valence-corrected chi connectivity index (χ0v) is 17.0. The second kappa shape index (κ2) is 7.94. The molecule has 2 aliphatic rings. The van der Waals surface area contributed by atoms with E-state index >= 15 is 0 Å². The van der Waals surface area contributed by atoms with Crippen molar-refractivity contribution in [2.45, 2.75) is 37.9 Å². The maximum atomic E-state index is 12.7. The van der Waals surface area contributed by atoms with Gasteiger partial charge in [0.15, 0.2) is 6.10 Å². The molecule has 1 saturated carbocycles. The van der Waals surface area contributed by atoms with Gasteiger partial charge in [-0.2, -0.15) is 0 Å². The van der Waals surface area contributed by atoms with Crippen LogP contribution in [0, 0.1) is 0 Å². The predicted molar refractivity (Wildman–Crippen MR) is 111 cm³/mol. The van der Waals surface area contributed by atoms with Crippen molar-refractivity contribution < 1.29 is 22.7 Å². The van der Waals surface area contributed by atoms with Crippen LogP contribution >= 0.6 is 0 Å². The first kappa shape index (κ1) is 19.6. The standard InChI is InChI=1S/C21H24N2O5S/c1-29(25,26)23-14-20(28-19-9-5-4-8-18(19)23)21(24)22-15-10-12-17(13-11-15)27-16-6-2-3-7-16/h4-5,8-13,16,20H,2-3,6-7,14H2,1H3,(H,22,24)/t20-/m1/s1. The Hall–Kier alpha value is -2.74. The number of sulfonamides is 1. The second-order valence-corrected chi connectivity index (χ2v) is 9.31. The molecule has 1 aliphatic heterocycles. The van der Waals surface area contributed by atoms with E-state index in [-0.39, 0.29) is 12.6 Å². The molecule has 1 atom stereocenters. The lowest BCUT2D eigenvalue weighted by Crippen LogP contribution is -2.48. The molecule has 1 fully saturated rings. The van der Waals surface area contributed by atoms with Crippen LogP contribution in [0.4, 0.5) is 11.4 Å². The average molecular weight is 416 g/mol. The van der Waals surface area contributed by atoms with Crippen LogP contribution in [0.5, 0.6) is 11.5 Å². The summed E-state index contributed by atoms with van der Waals surface area (Å²) in [5.41, 5.74) is 1.04. The zero-order valence-electron chi connectivity index (χ0n) is 16.2. The number of rotatable bonds is 5. The van der Waals surface area contributed by atoms with Gasteiger partial charge in [-0.05, 0) is 62.1 Å². The molecule has 1 amide bonds. The van der Waals surface area contributed by atoms with Gasteiger partial charge in [0.2, 0.25) is 10.0 Å². The number of nitrogens with one attached hydrogen (secondary N) is 1. The second-order valence-electron chi connectivity index (χ2n) is 7.41. The van der Waals surface area contributed by atoms with Crippen LogP contribution in [0.15, 0.2) is 48.5 Å². The van der Waals surface area contributed by atoms with Crippen LogP contribution in [0.2, 0.25) is 0 Å². The summed E-state index contributed by atoms with van der Waals surface area (Å²) in [6, 6.07) is 14.0. The van der Waals surface area contributed by atoms with E-state index in [2.05, 4.69) is 5.32 Å². The summed E-state index contributed by atoms with van der Waals surface area (Å²) >= 11 is 0. The Kier molecular flexibility index (Phi) is 5.36. The fourth-order valence-corrected chi connectivity index (χ4v) is 4.61. The van der Waals surface area contributed by atoms with Gasteiger partial charge >= 0.3 is 0 Å². The van der Waals surface area contributed by atoms with E-state index in [1.54, 1.807) is 36.4 Å². The number of hydrogen-bond donors (Lipinski definition) is 1. The van der Waals surface area contributed by atoms with Crippen LogP contribution in [-0.2, 0) is 14.8 Å². The first-order valence-corrected chi connectivity index (χ1v) is 11.6. The van der Waals surface area contributed by atoms with Gasteiger partial charge in [0.05, 0.1) is 24.6 Å². The quantitative estimate of drug-likeness (QED) is 0.809. The number of carbonyl (C=O) groups is 1. The van der Waals surface area contributed by atoms with Crippen molar-refractivity contribution in [3.8, 4) is 11.5 Å². The molecule has 2 aromatic rings. The van der Waals surface area contributed by atoms with Crippen molar-refractivity contribution in [2.75, 3.05) is 22.4 Å². The molecular formula is C21H24N2O5S. The molecule has 1 heterocycles. The number of hydrogen-bond acceptors (Lipinski definition) is 5. The van der Waals surface area contributed by atoms with Crippen LogP contribution in [0.25, 0.3) is 0 Å². The lowest BCUT2D eigenvalue weighted by molar-refractivity contribution is -0.122. The molecular weight excluding hydrogens is 392 g/mol. The summed E-state index contributed by atoms with van der Waals surface area (Å²) in [5, 5.41) is 2.79. The number of para-hydroxylation sites is 2. The highest BCUT2D eigenvalue weighted by molar-refractivity contribution is 7.92. The van der Waals surface area contributed by atoms with Crippen molar-refractivity contribution >= 4 is 27.3 Å². The van der Waals surface area contributed by atoms with Gasteiger partial charge in [0.1, 0.15) is 11.5 Å². The fraction of sp³-hybridized carbons (Fsp3) is 0.381. The molecule has 0 radical (unpaired) electrons. The molecule has 8 heteroatoms. The minimum atomic E-state index is -3.54. The van der Waals surface area contributed by atoms with Gasteiger partial charge in [-0.3, -0.25) is 9.10 Å². The van der Waals surface area contributed by atoms with E-state index in [0.717, 1.165) is 24.8 Å². The van der Waals surface area contributed by atoms with Crippen LogP contribution < -0.4 is 19.1 Å². The monoisotopic (exact) mass is 416 g/mol. The zero-order chi connectivity index (χ0) is 20.4. The van der Waals surface area contributed by atoms with Gasteiger partial charge in [0, 0.05) is 5.69 Å². The highest BCUT2D eigenvalue weighted by atomic mass is 32.2. The Morgan fingerprint density at radius 2 is 1.79 bits per heavy atom. The van der Waals surface area contributed by atoms with Crippen LogP contribution in [0.1, 0.15) is 25.7 Å². The lowest BCUT2D eigenvalue weighted by atomic mass is 10.2. The van der Waals surface area contributed by atoms with Gasteiger partial charge < -0.3 is 14.8 Å². The van der Waals surface area contributed by atoms with E-state index in [4.69, 9.17) is 9.47 Å². The molecule has 0 spiro atoms. The highest BCUT2D eigenvalue weighted by Gasteiger charge is 2.34. The topological polar surface area (TPSA) is 84.9 Å². The Morgan fingerprint density at radius 1 is 1.10 bits per heavy atom. The van der Waals surface area contributed by atoms with Crippen molar-refractivity contribution in [3.05, 3.63) is 48.5 Å². The normalized spacial score (nSPS) is 19.3. The van der Waals surface area contributed by atoms with E-state index < -0.39 is 22.0 Å². The minimum absolute atomic E-state index is 0.0788. The van der Waals surface area contributed by atoms with Gasteiger partial charge in [-0.15, -0.1) is 0 Å². The minimum Gasteiger partial charge on any atom is -0.490 e. The highest BCUT2D eigenvalue weighted by Crippen LogP contribution is 2.35. The molecule has 1 N–H and O–H groups in total. The smallest absolute Gasteiger partial charge is 0.267 e. The third-order valence-corrected chi connectivity index (χ3v) is 6.30. The van der Waals surface area contributed by atoms with Gasteiger partial charge in [0.25, 0.3) is 5.91 Å². The maximum absolute atomic E-state index is 12.7. The molecule has 0 saturated heterocycles. The number of anilines is 2. The molecule has 1 aliphatic carbocycles. The fourth-order valence-electron chi connectivity index (χ4n) is 3.69. The molecule has 154 valence electrons. The number of benzene rings is 2. The number of amides is 1. The third-order valence-electron chi connectivity index (χ3n) is 5.15. The number of fused-ring (bicyclic) bond motifs is 1. The predicted octanol–water partition coefficient (Wildman–Crippen LogP) is 3.17. The van der Waals surface area contributed by atoms with E-state index in [9.17, 15) is 13.2 Å². The van der Waals surface area contributed by atoms with E-state index in [1.165, 1.54) is 17.1 Å². The van der Waals surface area contributed by atoms with Crippen molar-refractivity contribution in [1.29, 1.82) is 0 Å². The number of ether oxygens (including phenoxy) is 2. The van der Waals surface area contributed by atoms with Crippen molar-refractivity contribution in [1.82, 2.24) is 0 Å². The van der Waals surface area contributed by atoms with Gasteiger partial charge in [-0.25, -0.2) is 8.42 Å².